The van der Waals surface area contributed by atoms with Crippen molar-refractivity contribution in [3.05, 3.63) is 0 Å². The van der Waals surface area contributed by atoms with Gasteiger partial charge in [0.05, 0.1) is 12.2 Å². The van der Waals surface area contributed by atoms with Crippen LogP contribution in [-0.4, -0.2) is 114 Å². The van der Waals surface area contributed by atoms with Crippen molar-refractivity contribution in [3.63, 3.8) is 0 Å². The number of hydrogen-bond acceptors (Lipinski definition) is 7. The highest BCUT2D eigenvalue weighted by Crippen LogP contribution is 2.20. The second-order valence-corrected chi connectivity index (χ2v) is 9.78. The van der Waals surface area contributed by atoms with Crippen molar-refractivity contribution in [1.29, 1.82) is 0 Å². The zero-order valence-electron chi connectivity index (χ0n) is 19.8. The molecule has 2 fully saturated rings. The first-order valence-corrected chi connectivity index (χ1v) is 12.5. The van der Waals surface area contributed by atoms with E-state index in [0.29, 0.717) is 12.6 Å². The maximum atomic E-state index is 13.5. The van der Waals surface area contributed by atoms with Crippen molar-refractivity contribution in [3.8, 4) is 0 Å². The third kappa shape index (κ3) is 6.07. The van der Waals surface area contributed by atoms with Crippen molar-refractivity contribution in [1.82, 2.24) is 20.4 Å². The number of halogens is 1. The van der Waals surface area contributed by atoms with Crippen LogP contribution in [0.2, 0.25) is 0 Å². The Bertz CT molecular complexity index is 691. The summed E-state index contributed by atoms with van der Waals surface area (Å²) in [5.74, 6) is -0.786. The van der Waals surface area contributed by atoms with Gasteiger partial charge in [-0.25, -0.2) is 9.57 Å². The molecule has 32 heavy (non-hydrogen) atoms. The number of likely N-dealkylation sites (N-methyl/N-ethyl adjacent to an activating group) is 1. The number of piperidine rings is 1. The minimum Gasteiger partial charge on any atom is -0.350 e. The van der Waals surface area contributed by atoms with E-state index >= 15 is 0 Å². The van der Waals surface area contributed by atoms with E-state index in [0.717, 1.165) is 64.4 Å². The van der Waals surface area contributed by atoms with Crippen LogP contribution in [0.4, 0.5) is 0 Å². The summed E-state index contributed by atoms with van der Waals surface area (Å²) in [6.07, 6.45) is 2.32. The molecule has 9 nitrogen and oxygen atoms in total. The fourth-order valence-electron chi connectivity index (χ4n) is 5.10. The number of aliphatic imine (C=N–C) groups is 1. The summed E-state index contributed by atoms with van der Waals surface area (Å²) in [6, 6.07) is 0.333. The van der Waals surface area contributed by atoms with E-state index in [2.05, 4.69) is 43.8 Å². The van der Waals surface area contributed by atoms with Gasteiger partial charge in [0.15, 0.2) is 12.3 Å². The fraction of sp³-hybridized carbons (Fsp3) is 0.864. The lowest BCUT2D eigenvalue weighted by Crippen LogP contribution is -2.65. The SMILES string of the molecule is CC/C(C)=[N+]1/CC(Cl)C=NC1C(C(=O)NC1CNCCC1N1CCN(CC)CC1)C(N)N. The number of nitrogens with two attached hydrogens (primary N) is 2. The zero-order chi connectivity index (χ0) is 23.3. The van der Waals surface area contributed by atoms with Gasteiger partial charge in [-0.05, 0) is 19.5 Å². The highest BCUT2D eigenvalue weighted by atomic mass is 35.5. The molecule has 5 atom stereocenters. The second kappa shape index (κ2) is 11.9. The number of amides is 1. The first-order valence-electron chi connectivity index (χ1n) is 12.1. The van der Waals surface area contributed by atoms with Gasteiger partial charge in [0.2, 0.25) is 5.91 Å². The molecule has 6 N–H and O–H groups in total. The molecular formula is C22H42ClN8O+. The Kier molecular flexibility index (Phi) is 9.45. The lowest BCUT2D eigenvalue weighted by molar-refractivity contribution is -0.573. The van der Waals surface area contributed by atoms with Gasteiger partial charge in [0.25, 0.3) is 6.17 Å². The van der Waals surface area contributed by atoms with Crippen molar-refractivity contribution in [2.75, 3.05) is 52.4 Å². The third-order valence-electron chi connectivity index (χ3n) is 7.23. The molecule has 0 aromatic heterocycles. The summed E-state index contributed by atoms with van der Waals surface area (Å²) in [4.78, 5) is 23.2. The standard InChI is InChI=1S/C22H41ClN8O/c1-4-15(3)31-14-16(23)12-27-21(31)19(20(24)25)22(32)28-17-13-26-7-6-18(17)30-10-8-29(5-2)9-11-30/h12,16-21,26H,4-11,13-14,24-25H2,1-3H3/p+1/b31-15-. The van der Waals surface area contributed by atoms with E-state index in [1.807, 2.05) is 6.92 Å². The van der Waals surface area contributed by atoms with Crippen LogP contribution in [0.5, 0.6) is 0 Å². The Labute approximate surface area is 197 Å². The number of nitrogens with one attached hydrogen (secondary N) is 2. The lowest BCUT2D eigenvalue weighted by atomic mass is 9.95. The molecule has 3 aliphatic rings. The largest absolute Gasteiger partial charge is 0.350 e. The smallest absolute Gasteiger partial charge is 0.259 e. The van der Waals surface area contributed by atoms with Gasteiger partial charge < -0.3 is 27.0 Å². The highest BCUT2D eigenvalue weighted by Gasteiger charge is 2.44. The fourth-order valence-corrected chi connectivity index (χ4v) is 5.32. The minimum absolute atomic E-state index is 0.0173. The van der Waals surface area contributed by atoms with E-state index in [1.54, 1.807) is 6.21 Å². The highest BCUT2D eigenvalue weighted by molar-refractivity contribution is 6.28. The van der Waals surface area contributed by atoms with E-state index in [-0.39, 0.29) is 17.3 Å². The maximum absolute atomic E-state index is 13.5. The van der Waals surface area contributed by atoms with Gasteiger partial charge in [-0.15, -0.1) is 11.6 Å². The normalized spacial score (nSPS) is 32.7. The molecule has 0 aromatic rings. The molecule has 1 amide bonds. The van der Waals surface area contributed by atoms with Gasteiger partial charge in [0.1, 0.15) is 11.3 Å². The van der Waals surface area contributed by atoms with Gasteiger partial charge in [-0.3, -0.25) is 9.69 Å². The van der Waals surface area contributed by atoms with Crippen molar-refractivity contribution in [2.45, 2.75) is 63.4 Å². The summed E-state index contributed by atoms with van der Waals surface area (Å²) >= 11 is 6.34. The van der Waals surface area contributed by atoms with Crippen LogP contribution in [0.15, 0.2) is 4.99 Å². The number of rotatable bonds is 7. The van der Waals surface area contributed by atoms with Crippen LogP contribution in [-0.2, 0) is 4.79 Å². The molecule has 5 unspecified atom stereocenters. The summed E-state index contributed by atoms with van der Waals surface area (Å²) in [5.41, 5.74) is 13.5. The molecule has 3 aliphatic heterocycles. The molecule has 3 heterocycles. The maximum Gasteiger partial charge on any atom is 0.259 e. The number of carbonyl (C=O) groups is 1. The number of nitrogens with zero attached hydrogens (tertiary/aromatic N) is 4. The Morgan fingerprint density at radius 1 is 1.31 bits per heavy atom. The van der Waals surface area contributed by atoms with Crippen LogP contribution in [0.3, 0.4) is 0 Å². The predicted molar refractivity (Wildman–Crippen MR) is 131 cm³/mol. The number of carbonyl (C=O) groups excluding carboxylic acids is 1. The van der Waals surface area contributed by atoms with Crippen LogP contribution in [0.25, 0.3) is 0 Å². The van der Waals surface area contributed by atoms with Crippen molar-refractivity contribution in [2.24, 2.45) is 22.4 Å². The Hall–Kier alpha value is -1.10. The Morgan fingerprint density at radius 3 is 2.66 bits per heavy atom. The second-order valence-electron chi connectivity index (χ2n) is 9.22. The summed E-state index contributed by atoms with van der Waals surface area (Å²) in [7, 11) is 0. The minimum atomic E-state index is -0.820. The first-order chi connectivity index (χ1) is 15.3. The van der Waals surface area contributed by atoms with E-state index < -0.39 is 18.2 Å². The molecular weight excluding hydrogens is 428 g/mol. The predicted octanol–water partition coefficient (Wildman–Crippen LogP) is -0.768. The average molecular weight is 470 g/mol. The van der Waals surface area contributed by atoms with Crippen molar-refractivity contribution >= 4 is 29.4 Å². The molecule has 0 radical (unpaired) electrons. The molecule has 10 heteroatoms. The summed E-state index contributed by atoms with van der Waals surface area (Å²) in [6.45, 7) is 14.0. The van der Waals surface area contributed by atoms with Crippen LogP contribution < -0.4 is 22.1 Å². The first kappa shape index (κ1) is 25.5. The molecule has 0 spiro atoms. The molecule has 0 aliphatic carbocycles. The molecule has 0 aromatic carbocycles. The Morgan fingerprint density at radius 2 is 2.03 bits per heavy atom. The summed E-state index contributed by atoms with van der Waals surface area (Å²) < 4.78 is 2.09. The molecule has 2 saturated heterocycles. The van der Waals surface area contributed by atoms with E-state index in [4.69, 9.17) is 23.1 Å². The number of hydrogen-bond donors (Lipinski definition) is 4. The third-order valence-corrected chi connectivity index (χ3v) is 7.48. The van der Waals surface area contributed by atoms with Gasteiger partial charge in [-0.2, -0.15) is 0 Å². The van der Waals surface area contributed by atoms with E-state index in [9.17, 15) is 4.79 Å². The van der Waals surface area contributed by atoms with Crippen LogP contribution in [0.1, 0.15) is 33.6 Å². The summed E-state index contributed by atoms with van der Waals surface area (Å²) in [5, 5.41) is 6.55. The molecule has 0 saturated carbocycles. The van der Waals surface area contributed by atoms with Gasteiger partial charge in [-0.1, -0.05) is 13.8 Å². The molecule has 182 valence electrons. The van der Waals surface area contributed by atoms with Gasteiger partial charge >= 0.3 is 0 Å². The lowest BCUT2D eigenvalue weighted by Gasteiger charge is -2.44. The van der Waals surface area contributed by atoms with Crippen LogP contribution in [0, 0.1) is 5.92 Å². The topological polar surface area (TPSA) is 115 Å². The van der Waals surface area contributed by atoms with Crippen LogP contribution >= 0.6 is 11.6 Å². The van der Waals surface area contributed by atoms with Gasteiger partial charge in [0, 0.05) is 58.3 Å². The monoisotopic (exact) mass is 469 g/mol. The quantitative estimate of drug-likeness (QED) is 0.221. The average Bonchev–Trinajstić information content (AvgIpc) is 2.80. The molecule has 3 rings (SSSR count). The number of piperazine rings is 1. The zero-order valence-corrected chi connectivity index (χ0v) is 20.6. The Balaban J connectivity index is 1.75. The number of alkyl halides is 1. The molecule has 0 bridgehead atoms. The van der Waals surface area contributed by atoms with Crippen molar-refractivity contribution < 1.29 is 9.37 Å². The van der Waals surface area contributed by atoms with E-state index in [1.165, 1.54) is 0 Å².